The zero-order chi connectivity index (χ0) is 16.8. The van der Waals surface area contributed by atoms with Gasteiger partial charge in [0.2, 0.25) is 5.91 Å². The predicted octanol–water partition coefficient (Wildman–Crippen LogP) is 3.94. The lowest BCUT2D eigenvalue weighted by atomic mass is 9.97. The normalized spacial score (nSPS) is 18.3. The minimum absolute atomic E-state index is 0.0933. The Hall–Kier alpha value is -1.84. The van der Waals surface area contributed by atoms with Crippen molar-refractivity contribution in [1.82, 2.24) is 10.6 Å². The van der Waals surface area contributed by atoms with Crippen molar-refractivity contribution in [2.24, 2.45) is 5.92 Å². The summed E-state index contributed by atoms with van der Waals surface area (Å²) in [5.74, 6) is 0.716. The Balaban J connectivity index is 1.71. The maximum atomic E-state index is 12.5. The van der Waals surface area contributed by atoms with Gasteiger partial charge in [0.05, 0.1) is 6.04 Å². The summed E-state index contributed by atoms with van der Waals surface area (Å²) in [6.07, 6.45) is 2.68. The van der Waals surface area contributed by atoms with E-state index in [0.29, 0.717) is 17.4 Å². The van der Waals surface area contributed by atoms with E-state index in [2.05, 4.69) is 10.6 Å². The van der Waals surface area contributed by atoms with Crippen LogP contribution >= 0.6 is 11.6 Å². The van der Waals surface area contributed by atoms with E-state index in [-0.39, 0.29) is 11.9 Å². The molecule has 1 amide bonds. The number of carbonyl (C=O) groups is 1. The number of hydrogen-bond acceptors (Lipinski definition) is 2. The van der Waals surface area contributed by atoms with E-state index in [1.807, 2.05) is 54.6 Å². The molecule has 1 heterocycles. The molecule has 4 heteroatoms. The van der Waals surface area contributed by atoms with Crippen LogP contribution < -0.4 is 10.6 Å². The first kappa shape index (κ1) is 17.0. The van der Waals surface area contributed by atoms with Crippen molar-refractivity contribution in [3.05, 3.63) is 70.7 Å². The highest BCUT2D eigenvalue weighted by Gasteiger charge is 2.19. The molecule has 3 rings (SSSR count). The molecular formula is C20H23ClN2O. The van der Waals surface area contributed by atoms with Crippen molar-refractivity contribution >= 4 is 17.5 Å². The highest BCUT2D eigenvalue weighted by molar-refractivity contribution is 6.30. The highest BCUT2D eigenvalue weighted by atomic mass is 35.5. The molecule has 0 spiro atoms. The summed E-state index contributed by atoms with van der Waals surface area (Å²) in [5.41, 5.74) is 2.07. The predicted molar refractivity (Wildman–Crippen MR) is 98.1 cm³/mol. The molecule has 2 aromatic rings. The molecule has 1 fully saturated rings. The molecule has 2 unspecified atom stereocenters. The van der Waals surface area contributed by atoms with Crippen LogP contribution in [-0.2, 0) is 4.79 Å². The average molecular weight is 343 g/mol. The van der Waals surface area contributed by atoms with E-state index in [0.717, 1.165) is 30.6 Å². The van der Waals surface area contributed by atoms with Crippen LogP contribution in [0.1, 0.15) is 36.4 Å². The summed E-state index contributed by atoms with van der Waals surface area (Å²) in [4.78, 5) is 12.5. The molecule has 1 saturated heterocycles. The van der Waals surface area contributed by atoms with E-state index < -0.39 is 0 Å². The molecule has 3 nitrogen and oxygen atoms in total. The number of hydrogen-bond donors (Lipinski definition) is 2. The summed E-state index contributed by atoms with van der Waals surface area (Å²) in [6, 6.07) is 17.6. The number of benzene rings is 2. The molecule has 24 heavy (non-hydrogen) atoms. The van der Waals surface area contributed by atoms with Crippen LogP contribution in [0, 0.1) is 5.92 Å². The Morgan fingerprint density at radius 3 is 2.67 bits per heavy atom. The van der Waals surface area contributed by atoms with Gasteiger partial charge in [-0.15, -0.1) is 0 Å². The lowest BCUT2D eigenvalue weighted by Gasteiger charge is -2.20. The molecule has 2 atom stereocenters. The first-order valence-corrected chi connectivity index (χ1v) is 8.90. The number of carbonyl (C=O) groups excluding carboxylic acids is 1. The molecular weight excluding hydrogens is 320 g/mol. The van der Waals surface area contributed by atoms with E-state index in [1.165, 1.54) is 6.42 Å². The van der Waals surface area contributed by atoms with Gasteiger partial charge >= 0.3 is 0 Å². The van der Waals surface area contributed by atoms with Gasteiger partial charge in [-0.25, -0.2) is 0 Å². The van der Waals surface area contributed by atoms with Gasteiger partial charge in [0.25, 0.3) is 0 Å². The second kappa shape index (κ2) is 8.32. The fourth-order valence-corrected chi connectivity index (χ4v) is 3.42. The summed E-state index contributed by atoms with van der Waals surface area (Å²) >= 11 is 6.14. The molecule has 0 aliphatic carbocycles. The van der Waals surface area contributed by atoms with Crippen molar-refractivity contribution < 1.29 is 4.79 Å². The van der Waals surface area contributed by atoms with Gasteiger partial charge in [-0.3, -0.25) is 4.79 Å². The largest absolute Gasteiger partial charge is 0.345 e. The fraction of sp³-hybridized carbons (Fsp3) is 0.350. The van der Waals surface area contributed by atoms with E-state index in [1.54, 1.807) is 0 Å². The Labute approximate surface area is 148 Å². The number of halogens is 1. The minimum Gasteiger partial charge on any atom is -0.345 e. The zero-order valence-electron chi connectivity index (χ0n) is 13.7. The lowest BCUT2D eigenvalue weighted by molar-refractivity contribution is -0.121. The van der Waals surface area contributed by atoms with Crippen molar-refractivity contribution in [3.8, 4) is 0 Å². The maximum absolute atomic E-state index is 12.5. The Morgan fingerprint density at radius 2 is 1.96 bits per heavy atom. The van der Waals surface area contributed by atoms with Gasteiger partial charge in [0.15, 0.2) is 0 Å². The Morgan fingerprint density at radius 1 is 1.17 bits per heavy atom. The summed E-state index contributed by atoms with van der Waals surface area (Å²) < 4.78 is 0. The molecule has 1 aliphatic rings. The molecule has 2 aromatic carbocycles. The van der Waals surface area contributed by atoms with Crippen LogP contribution in [0.15, 0.2) is 54.6 Å². The molecule has 1 aliphatic heterocycles. The Kier molecular flexibility index (Phi) is 5.89. The van der Waals surface area contributed by atoms with Gasteiger partial charge in [0.1, 0.15) is 0 Å². The van der Waals surface area contributed by atoms with Gasteiger partial charge < -0.3 is 10.6 Å². The monoisotopic (exact) mass is 342 g/mol. The molecule has 126 valence electrons. The summed E-state index contributed by atoms with van der Waals surface area (Å²) in [6.45, 7) is 2.10. The van der Waals surface area contributed by atoms with Crippen LogP contribution in [0.3, 0.4) is 0 Å². The summed E-state index contributed by atoms with van der Waals surface area (Å²) in [7, 11) is 0. The Bertz CT molecular complexity index is 668. The standard InChI is InChI=1S/C20H23ClN2O/c21-18-8-4-7-17(13-18)20(16-5-2-1-3-6-16)23-19(24)10-9-15-11-12-22-14-15/h1-8,13,15,20,22H,9-12,14H2,(H,23,24). The lowest BCUT2D eigenvalue weighted by Crippen LogP contribution is -2.29. The smallest absolute Gasteiger partial charge is 0.220 e. The van der Waals surface area contributed by atoms with Crippen molar-refractivity contribution in [2.75, 3.05) is 13.1 Å². The maximum Gasteiger partial charge on any atom is 0.220 e. The average Bonchev–Trinajstić information content (AvgIpc) is 3.12. The third-order valence-corrected chi connectivity index (χ3v) is 4.80. The molecule has 0 bridgehead atoms. The van der Waals surface area contributed by atoms with E-state index in [9.17, 15) is 4.79 Å². The quantitative estimate of drug-likeness (QED) is 0.835. The van der Waals surface area contributed by atoms with Crippen LogP contribution in [0.4, 0.5) is 0 Å². The minimum atomic E-state index is -0.167. The van der Waals surface area contributed by atoms with Gasteiger partial charge in [-0.1, -0.05) is 54.1 Å². The zero-order valence-corrected chi connectivity index (χ0v) is 14.4. The summed E-state index contributed by atoms with van der Waals surface area (Å²) in [5, 5.41) is 7.21. The number of rotatable bonds is 6. The van der Waals surface area contributed by atoms with Gasteiger partial charge in [-0.2, -0.15) is 0 Å². The first-order valence-electron chi connectivity index (χ1n) is 8.53. The topological polar surface area (TPSA) is 41.1 Å². The van der Waals surface area contributed by atoms with Crippen LogP contribution in [-0.4, -0.2) is 19.0 Å². The third-order valence-electron chi connectivity index (χ3n) is 4.56. The van der Waals surface area contributed by atoms with Crippen LogP contribution in [0.25, 0.3) is 0 Å². The highest BCUT2D eigenvalue weighted by Crippen LogP contribution is 2.25. The van der Waals surface area contributed by atoms with Gasteiger partial charge in [-0.05, 0) is 55.1 Å². The van der Waals surface area contributed by atoms with Crippen molar-refractivity contribution in [1.29, 1.82) is 0 Å². The third kappa shape index (κ3) is 4.59. The van der Waals surface area contributed by atoms with E-state index in [4.69, 9.17) is 11.6 Å². The van der Waals surface area contributed by atoms with Crippen molar-refractivity contribution in [2.45, 2.75) is 25.3 Å². The van der Waals surface area contributed by atoms with E-state index >= 15 is 0 Å². The van der Waals surface area contributed by atoms with Crippen LogP contribution in [0.2, 0.25) is 5.02 Å². The molecule has 0 aromatic heterocycles. The number of nitrogens with one attached hydrogen (secondary N) is 2. The second-order valence-electron chi connectivity index (χ2n) is 6.36. The second-order valence-corrected chi connectivity index (χ2v) is 6.80. The van der Waals surface area contributed by atoms with Crippen LogP contribution in [0.5, 0.6) is 0 Å². The molecule has 0 saturated carbocycles. The number of amides is 1. The molecule has 2 N–H and O–H groups in total. The molecule has 0 radical (unpaired) electrons. The van der Waals surface area contributed by atoms with Crippen molar-refractivity contribution in [3.63, 3.8) is 0 Å². The van der Waals surface area contributed by atoms with Gasteiger partial charge in [0, 0.05) is 11.4 Å². The SMILES string of the molecule is O=C(CCC1CCNC1)NC(c1ccccc1)c1cccc(Cl)c1. The first-order chi connectivity index (χ1) is 11.7. The fourth-order valence-electron chi connectivity index (χ4n) is 3.22.